The van der Waals surface area contributed by atoms with Crippen LogP contribution in [0.15, 0.2) is 29.2 Å². The highest BCUT2D eigenvalue weighted by molar-refractivity contribution is 7.99. The van der Waals surface area contributed by atoms with Crippen LogP contribution in [0.1, 0.15) is 10.4 Å². The minimum atomic E-state index is -3.57. The van der Waals surface area contributed by atoms with Crippen LogP contribution in [0.4, 0.5) is 0 Å². The number of morpholine rings is 1. The van der Waals surface area contributed by atoms with Crippen LogP contribution in [-0.4, -0.2) is 74.1 Å². The third-order valence-corrected chi connectivity index (χ3v) is 6.34. The van der Waals surface area contributed by atoms with Crippen molar-refractivity contribution in [3.63, 3.8) is 0 Å². The Morgan fingerprint density at radius 3 is 2.44 bits per heavy atom. The summed E-state index contributed by atoms with van der Waals surface area (Å²) in [5.74, 6) is -0.745. The molecule has 1 aromatic rings. The molecule has 0 unspecified atom stereocenters. The van der Waals surface area contributed by atoms with Gasteiger partial charge in [-0.1, -0.05) is 0 Å². The Balaban J connectivity index is 1.90. The lowest BCUT2D eigenvalue weighted by Crippen LogP contribution is -2.40. The number of nitrogens with one attached hydrogen (secondary N) is 1. The van der Waals surface area contributed by atoms with Crippen LogP contribution >= 0.6 is 11.8 Å². The molecular weight excluding hydrogens is 368 g/mol. The van der Waals surface area contributed by atoms with Gasteiger partial charge in [0.05, 0.1) is 23.9 Å². The third-order valence-electron chi connectivity index (χ3n) is 3.48. The monoisotopic (exact) mass is 388 g/mol. The fourth-order valence-corrected chi connectivity index (χ4v) is 4.19. The number of rotatable bonds is 8. The van der Waals surface area contributed by atoms with E-state index in [1.807, 2.05) is 0 Å². The van der Waals surface area contributed by atoms with E-state index < -0.39 is 16.0 Å². The summed E-state index contributed by atoms with van der Waals surface area (Å²) < 4.78 is 31.5. The Morgan fingerprint density at radius 2 is 1.84 bits per heavy atom. The Kier molecular flexibility index (Phi) is 7.24. The highest BCUT2D eigenvalue weighted by atomic mass is 32.2. The summed E-state index contributed by atoms with van der Waals surface area (Å²) >= 11 is 1.21. The molecule has 1 aliphatic heterocycles. The normalized spacial score (nSPS) is 15.7. The third kappa shape index (κ3) is 5.70. The lowest BCUT2D eigenvalue weighted by atomic mass is 10.2. The number of amides is 1. The number of carbonyl (C=O) groups excluding carboxylic acids is 1. The molecule has 0 atom stereocenters. The summed E-state index contributed by atoms with van der Waals surface area (Å²) in [5.41, 5.74) is 0.351. The summed E-state index contributed by atoms with van der Waals surface area (Å²) in [6, 6.07) is 5.76. The summed E-state index contributed by atoms with van der Waals surface area (Å²) in [6.45, 7) is 1.72. The average molecular weight is 388 g/mol. The Morgan fingerprint density at radius 1 is 1.20 bits per heavy atom. The second-order valence-corrected chi connectivity index (χ2v) is 8.29. The molecule has 1 amide bonds. The molecule has 1 fully saturated rings. The van der Waals surface area contributed by atoms with Crippen LogP contribution in [0.3, 0.4) is 0 Å². The minimum Gasteiger partial charge on any atom is -0.481 e. The molecule has 0 radical (unpaired) electrons. The molecule has 1 aliphatic rings. The van der Waals surface area contributed by atoms with Gasteiger partial charge in [0.15, 0.2) is 0 Å². The maximum absolute atomic E-state index is 12.5. The van der Waals surface area contributed by atoms with Gasteiger partial charge >= 0.3 is 5.97 Å². The number of carboxylic acid groups (broad SMARTS) is 1. The number of hydrogen-bond acceptors (Lipinski definition) is 6. The molecule has 0 aromatic heterocycles. The van der Waals surface area contributed by atoms with E-state index in [0.717, 1.165) is 0 Å². The van der Waals surface area contributed by atoms with Gasteiger partial charge in [-0.05, 0) is 24.3 Å². The number of ether oxygens (including phenoxy) is 1. The number of benzene rings is 1. The highest BCUT2D eigenvalue weighted by Crippen LogP contribution is 2.17. The molecule has 0 saturated carbocycles. The van der Waals surface area contributed by atoms with Gasteiger partial charge in [0.2, 0.25) is 10.0 Å². The zero-order valence-corrected chi connectivity index (χ0v) is 15.1. The van der Waals surface area contributed by atoms with Crippen LogP contribution in [0.2, 0.25) is 0 Å². The Labute approximate surface area is 150 Å². The molecule has 1 heterocycles. The topological polar surface area (TPSA) is 113 Å². The number of nitrogens with zero attached hydrogens (tertiary/aromatic N) is 1. The van der Waals surface area contributed by atoms with Gasteiger partial charge in [0.25, 0.3) is 5.91 Å². The molecule has 8 nitrogen and oxygen atoms in total. The first-order chi connectivity index (χ1) is 11.9. The van der Waals surface area contributed by atoms with Crippen LogP contribution in [-0.2, 0) is 19.6 Å². The van der Waals surface area contributed by atoms with E-state index in [2.05, 4.69) is 5.32 Å². The van der Waals surface area contributed by atoms with Crippen LogP contribution in [0.5, 0.6) is 0 Å². The van der Waals surface area contributed by atoms with Crippen molar-refractivity contribution in [1.29, 1.82) is 0 Å². The van der Waals surface area contributed by atoms with Crippen molar-refractivity contribution in [3.05, 3.63) is 29.8 Å². The molecule has 0 aliphatic carbocycles. The van der Waals surface area contributed by atoms with E-state index in [-0.39, 0.29) is 16.6 Å². The first-order valence-corrected chi connectivity index (χ1v) is 10.3. The van der Waals surface area contributed by atoms with Crippen molar-refractivity contribution in [2.75, 3.05) is 44.4 Å². The van der Waals surface area contributed by atoms with Crippen molar-refractivity contribution in [2.24, 2.45) is 0 Å². The van der Waals surface area contributed by atoms with Crippen LogP contribution in [0.25, 0.3) is 0 Å². The van der Waals surface area contributed by atoms with Gasteiger partial charge < -0.3 is 15.2 Å². The fourth-order valence-electron chi connectivity index (χ4n) is 2.21. The van der Waals surface area contributed by atoms with E-state index >= 15 is 0 Å². The quantitative estimate of drug-likeness (QED) is 0.614. The van der Waals surface area contributed by atoms with Gasteiger partial charge in [0.1, 0.15) is 0 Å². The number of carbonyl (C=O) groups is 2. The van der Waals surface area contributed by atoms with Gasteiger partial charge in [-0.2, -0.15) is 4.31 Å². The SMILES string of the molecule is O=C(O)CSCCNC(=O)c1ccc(S(=O)(=O)N2CCOCC2)cc1. The summed E-state index contributed by atoms with van der Waals surface area (Å²) in [5, 5.41) is 11.2. The lowest BCUT2D eigenvalue weighted by Gasteiger charge is -2.26. The lowest BCUT2D eigenvalue weighted by molar-refractivity contribution is -0.133. The summed E-state index contributed by atoms with van der Waals surface area (Å²) in [4.78, 5) is 22.5. The van der Waals surface area contributed by atoms with E-state index in [1.54, 1.807) is 0 Å². The van der Waals surface area contributed by atoms with Gasteiger partial charge in [-0.15, -0.1) is 11.8 Å². The van der Waals surface area contributed by atoms with Gasteiger partial charge in [0, 0.05) is 31.0 Å². The molecule has 0 spiro atoms. The van der Waals surface area contributed by atoms with Crippen molar-refractivity contribution in [3.8, 4) is 0 Å². The summed E-state index contributed by atoms with van der Waals surface area (Å²) in [7, 11) is -3.57. The van der Waals surface area contributed by atoms with E-state index in [9.17, 15) is 18.0 Å². The minimum absolute atomic E-state index is 0.00995. The second kappa shape index (κ2) is 9.18. The van der Waals surface area contributed by atoms with E-state index in [1.165, 1.54) is 40.3 Å². The zero-order valence-electron chi connectivity index (χ0n) is 13.5. The van der Waals surface area contributed by atoms with Crippen LogP contribution < -0.4 is 5.32 Å². The zero-order chi connectivity index (χ0) is 18.3. The number of hydrogen-bond donors (Lipinski definition) is 2. The predicted molar refractivity (Wildman–Crippen MR) is 93.3 cm³/mol. The second-order valence-electron chi connectivity index (χ2n) is 5.24. The van der Waals surface area contributed by atoms with Crippen molar-refractivity contribution < 1.29 is 27.9 Å². The van der Waals surface area contributed by atoms with E-state index in [0.29, 0.717) is 44.2 Å². The molecule has 2 rings (SSSR count). The Bertz CT molecular complexity index is 699. The largest absolute Gasteiger partial charge is 0.481 e. The van der Waals surface area contributed by atoms with Crippen molar-refractivity contribution >= 4 is 33.7 Å². The molecule has 25 heavy (non-hydrogen) atoms. The smallest absolute Gasteiger partial charge is 0.313 e. The molecule has 138 valence electrons. The number of carboxylic acids is 1. The number of thioether (sulfide) groups is 1. The molecule has 1 saturated heterocycles. The number of aliphatic carboxylic acids is 1. The predicted octanol–water partition coefficient (Wildman–Crippen LogP) is 0.255. The number of sulfonamides is 1. The first kappa shape index (κ1) is 19.7. The maximum atomic E-state index is 12.5. The highest BCUT2D eigenvalue weighted by Gasteiger charge is 2.26. The average Bonchev–Trinajstić information content (AvgIpc) is 2.62. The molecule has 10 heteroatoms. The molecule has 2 N–H and O–H groups in total. The van der Waals surface area contributed by atoms with Crippen molar-refractivity contribution in [1.82, 2.24) is 9.62 Å². The molecule has 0 bridgehead atoms. The standard InChI is InChI=1S/C15H20N2O6S2/c18-14(19)11-24-10-5-16-15(20)12-1-3-13(4-2-12)25(21,22)17-6-8-23-9-7-17/h1-4H,5-11H2,(H,16,20)(H,18,19). The Hall–Kier alpha value is -1.62. The van der Waals surface area contributed by atoms with E-state index in [4.69, 9.17) is 9.84 Å². The van der Waals surface area contributed by atoms with Gasteiger partial charge in [-0.25, -0.2) is 8.42 Å². The molecular formula is C15H20N2O6S2. The first-order valence-electron chi connectivity index (χ1n) is 7.67. The maximum Gasteiger partial charge on any atom is 0.313 e. The summed E-state index contributed by atoms with van der Waals surface area (Å²) in [6.07, 6.45) is 0. The van der Waals surface area contributed by atoms with Gasteiger partial charge in [-0.3, -0.25) is 9.59 Å². The van der Waals surface area contributed by atoms with Crippen LogP contribution in [0, 0.1) is 0 Å². The molecule has 1 aromatic carbocycles. The van der Waals surface area contributed by atoms with Crippen molar-refractivity contribution in [2.45, 2.75) is 4.90 Å². The fraction of sp³-hybridized carbons (Fsp3) is 0.467.